The van der Waals surface area contributed by atoms with Crippen molar-refractivity contribution in [3.8, 4) is 5.75 Å². The molecule has 0 N–H and O–H groups in total. The number of carbonyl (C=O) groups is 2. The number of amides is 2. The van der Waals surface area contributed by atoms with E-state index in [1.807, 2.05) is 65.3 Å². The maximum atomic E-state index is 13.4. The van der Waals surface area contributed by atoms with E-state index in [0.29, 0.717) is 48.8 Å². The number of piperidine rings is 1. The molecule has 0 spiro atoms. The van der Waals surface area contributed by atoms with Crippen molar-refractivity contribution < 1.29 is 18.7 Å². The molecule has 2 saturated heterocycles. The highest BCUT2D eigenvalue weighted by atomic mass is 16.5. The molecule has 2 aliphatic rings. The van der Waals surface area contributed by atoms with Gasteiger partial charge >= 0.3 is 0 Å². The van der Waals surface area contributed by atoms with Crippen molar-refractivity contribution in [2.45, 2.75) is 45.3 Å². The minimum Gasteiger partial charge on any atom is -0.489 e. The number of hydrogen-bond acceptors (Lipinski definition) is 4. The van der Waals surface area contributed by atoms with Crippen LogP contribution in [0.1, 0.15) is 47.4 Å². The van der Waals surface area contributed by atoms with Gasteiger partial charge in [-0.05, 0) is 49.9 Å². The predicted molar refractivity (Wildman–Crippen MR) is 122 cm³/mol. The molecule has 5 rings (SSSR count). The highest BCUT2D eigenvalue weighted by molar-refractivity contribution is 6.07. The van der Waals surface area contributed by atoms with Crippen molar-refractivity contribution in [2.75, 3.05) is 19.6 Å². The number of nitrogens with zero attached hydrogens (tertiary/aromatic N) is 2. The molecule has 0 saturated carbocycles. The van der Waals surface area contributed by atoms with Crippen molar-refractivity contribution in [1.82, 2.24) is 9.80 Å². The maximum Gasteiger partial charge on any atom is 0.258 e. The molecule has 6 heteroatoms. The van der Waals surface area contributed by atoms with Crippen LogP contribution in [0.15, 0.2) is 52.9 Å². The number of aryl methyl sites for hydroxylation is 1. The third kappa shape index (κ3) is 3.97. The quantitative estimate of drug-likeness (QED) is 0.594. The summed E-state index contributed by atoms with van der Waals surface area (Å²) in [5.41, 5.74) is 2.39. The SMILES string of the molecule is Cc1oc2ccc(OCc3ccccc3)cc2c1C(=O)N1CCC(N2CCCC2=O)CC1. The van der Waals surface area contributed by atoms with Crippen LogP contribution in [0, 0.1) is 6.92 Å². The molecule has 0 radical (unpaired) electrons. The minimum absolute atomic E-state index is 0.00680. The summed E-state index contributed by atoms with van der Waals surface area (Å²) < 4.78 is 11.9. The van der Waals surface area contributed by atoms with Crippen molar-refractivity contribution in [3.63, 3.8) is 0 Å². The second-order valence-corrected chi connectivity index (χ2v) is 8.68. The first kappa shape index (κ1) is 20.6. The van der Waals surface area contributed by atoms with Gasteiger partial charge in [0.15, 0.2) is 0 Å². The number of hydrogen-bond donors (Lipinski definition) is 0. The van der Waals surface area contributed by atoms with Crippen molar-refractivity contribution in [3.05, 3.63) is 65.4 Å². The van der Waals surface area contributed by atoms with Crippen LogP contribution < -0.4 is 4.74 Å². The molecule has 0 bridgehead atoms. The van der Waals surface area contributed by atoms with Crippen LogP contribution in [0.5, 0.6) is 5.75 Å². The first-order valence-electron chi connectivity index (χ1n) is 11.4. The summed E-state index contributed by atoms with van der Waals surface area (Å²) in [6.45, 7) is 4.48. The number of benzene rings is 2. The third-order valence-electron chi connectivity index (χ3n) is 6.60. The van der Waals surface area contributed by atoms with Crippen LogP contribution in [0.3, 0.4) is 0 Å². The Labute approximate surface area is 187 Å². The molecule has 2 fully saturated rings. The Morgan fingerprint density at radius 2 is 1.88 bits per heavy atom. The van der Waals surface area contributed by atoms with Gasteiger partial charge in [-0.1, -0.05) is 30.3 Å². The van der Waals surface area contributed by atoms with Gasteiger partial charge in [0.05, 0.1) is 5.56 Å². The fourth-order valence-corrected chi connectivity index (χ4v) is 4.89. The molecular weight excluding hydrogens is 404 g/mol. The lowest BCUT2D eigenvalue weighted by molar-refractivity contribution is -0.130. The zero-order chi connectivity index (χ0) is 22.1. The highest BCUT2D eigenvalue weighted by Crippen LogP contribution is 2.31. The zero-order valence-electron chi connectivity index (χ0n) is 18.4. The van der Waals surface area contributed by atoms with E-state index in [9.17, 15) is 9.59 Å². The smallest absolute Gasteiger partial charge is 0.258 e. The van der Waals surface area contributed by atoms with Gasteiger partial charge in [0.25, 0.3) is 5.91 Å². The van der Waals surface area contributed by atoms with Crippen molar-refractivity contribution >= 4 is 22.8 Å². The first-order chi connectivity index (χ1) is 15.6. The van der Waals surface area contributed by atoms with E-state index in [1.165, 1.54) is 0 Å². The Balaban J connectivity index is 1.31. The largest absolute Gasteiger partial charge is 0.489 e. The van der Waals surface area contributed by atoms with Crippen LogP contribution >= 0.6 is 0 Å². The van der Waals surface area contributed by atoms with Gasteiger partial charge in [-0.2, -0.15) is 0 Å². The standard InChI is InChI=1S/C26H28N2O4/c1-18-25(26(30)27-14-11-20(12-15-27)28-13-5-8-24(28)29)22-16-21(9-10-23(22)32-18)31-17-19-6-3-2-4-7-19/h2-4,6-7,9-10,16,20H,5,8,11-15,17H2,1H3. The molecule has 3 aromatic rings. The second-order valence-electron chi connectivity index (χ2n) is 8.68. The van der Waals surface area contributed by atoms with Gasteiger partial charge in [-0.15, -0.1) is 0 Å². The lowest BCUT2D eigenvalue weighted by Gasteiger charge is -2.36. The average molecular weight is 433 g/mol. The van der Waals surface area contributed by atoms with Gasteiger partial charge in [0.1, 0.15) is 23.7 Å². The van der Waals surface area contributed by atoms with Gasteiger partial charge < -0.3 is 19.0 Å². The Kier molecular flexibility index (Phi) is 5.60. The third-order valence-corrected chi connectivity index (χ3v) is 6.60. The average Bonchev–Trinajstić information content (AvgIpc) is 3.39. The molecule has 6 nitrogen and oxygen atoms in total. The van der Waals surface area contributed by atoms with Crippen molar-refractivity contribution in [2.24, 2.45) is 0 Å². The van der Waals surface area contributed by atoms with Crippen LogP contribution in [-0.4, -0.2) is 47.3 Å². The molecule has 3 heterocycles. The number of furan rings is 1. The van der Waals surface area contributed by atoms with Crippen LogP contribution in [0.25, 0.3) is 11.0 Å². The normalized spacial score (nSPS) is 17.3. The topological polar surface area (TPSA) is 63.0 Å². The Morgan fingerprint density at radius 3 is 2.59 bits per heavy atom. The van der Waals surface area contributed by atoms with E-state index >= 15 is 0 Å². The summed E-state index contributed by atoms with van der Waals surface area (Å²) >= 11 is 0. The molecule has 1 aromatic heterocycles. The molecule has 2 aliphatic heterocycles. The molecule has 166 valence electrons. The fraction of sp³-hybridized carbons (Fsp3) is 0.385. The van der Waals surface area contributed by atoms with Gasteiger partial charge in [-0.25, -0.2) is 0 Å². The van der Waals surface area contributed by atoms with Crippen molar-refractivity contribution in [1.29, 1.82) is 0 Å². The summed E-state index contributed by atoms with van der Waals surface area (Å²) in [6, 6.07) is 15.9. The van der Waals surface area contributed by atoms with Gasteiger partial charge in [0, 0.05) is 37.5 Å². The van der Waals surface area contributed by atoms with Gasteiger partial charge in [-0.3, -0.25) is 9.59 Å². The molecule has 0 unspecified atom stereocenters. The van der Waals surface area contributed by atoms with E-state index in [4.69, 9.17) is 9.15 Å². The fourth-order valence-electron chi connectivity index (χ4n) is 4.89. The lowest BCUT2D eigenvalue weighted by Crippen LogP contribution is -2.47. The molecule has 0 aliphatic carbocycles. The van der Waals surface area contributed by atoms with E-state index < -0.39 is 0 Å². The maximum absolute atomic E-state index is 13.4. The molecule has 2 aromatic carbocycles. The number of likely N-dealkylation sites (tertiary alicyclic amines) is 2. The monoisotopic (exact) mass is 432 g/mol. The number of fused-ring (bicyclic) bond motifs is 1. The number of rotatable bonds is 5. The van der Waals surface area contributed by atoms with E-state index in [0.717, 1.165) is 36.8 Å². The van der Waals surface area contributed by atoms with E-state index in [-0.39, 0.29) is 17.9 Å². The molecular formula is C26H28N2O4. The predicted octanol–water partition coefficient (Wildman–Crippen LogP) is 4.55. The Morgan fingerprint density at radius 1 is 1.09 bits per heavy atom. The summed E-state index contributed by atoms with van der Waals surface area (Å²) in [5.74, 6) is 1.59. The molecule has 32 heavy (non-hydrogen) atoms. The molecule has 2 amide bonds. The van der Waals surface area contributed by atoms with Crippen LogP contribution in [0.4, 0.5) is 0 Å². The van der Waals surface area contributed by atoms with Crippen LogP contribution in [-0.2, 0) is 11.4 Å². The summed E-state index contributed by atoms with van der Waals surface area (Å²) in [7, 11) is 0. The van der Waals surface area contributed by atoms with E-state index in [1.54, 1.807) is 0 Å². The first-order valence-corrected chi connectivity index (χ1v) is 11.4. The minimum atomic E-state index is -0.00680. The highest BCUT2D eigenvalue weighted by Gasteiger charge is 2.33. The number of carbonyl (C=O) groups excluding carboxylic acids is 2. The Hall–Kier alpha value is -3.28. The summed E-state index contributed by atoms with van der Waals surface area (Å²) in [6.07, 6.45) is 3.27. The molecule has 0 atom stereocenters. The van der Waals surface area contributed by atoms with Gasteiger partial charge in [0.2, 0.25) is 5.91 Å². The zero-order valence-corrected chi connectivity index (χ0v) is 18.4. The number of ether oxygens (including phenoxy) is 1. The summed E-state index contributed by atoms with van der Waals surface area (Å²) in [5, 5.41) is 0.787. The lowest BCUT2D eigenvalue weighted by atomic mass is 10.0. The summed E-state index contributed by atoms with van der Waals surface area (Å²) in [4.78, 5) is 29.4. The van der Waals surface area contributed by atoms with E-state index in [2.05, 4.69) is 0 Å². The second kappa shape index (κ2) is 8.69. The Bertz CT molecular complexity index is 1130. The van der Waals surface area contributed by atoms with Crippen LogP contribution in [0.2, 0.25) is 0 Å².